The van der Waals surface area contributed by atoms with Crippen molar-refractivity contribution in [3.05, 3.63) is 68.8 Å². The molecule has 0 aliphatic heterocycles. The summed E-state index contributed by atoms with van der Waals surface area (Å²) in [5, 5.41) is 3.56. The van der Waals surface area contributed by atoms with Gasteiger partial charge in [-0.15, -0.1) is 0 Å². The molecule has 0 saturated carbocycles. The normalized spacial score (nSPS) is 11.9. The van der Waals surface area contributed by atoms with Crippen molar-refractivity contribution < 1.29 is 13.2 Å². The molecule has 10 heteroatoms. The number of hydrogen-bond acceptors (Lipinski definition) is 4. The van der Waals surface area contributed by atoms with E-state index in [1.165, 1.54) is 9.25 Å². The van der Waals surface area contributed by atoms with E-state index in [9.17, 15) is 18.0 Å². The van der Waals surface area contributed by atoms with Gasteiger partial charge in [-0.2, -0.15) is 18.3 Å². The number of fused-ring (bicyclic) bond motifs is 1. The number of H-pyrrole nitrogens is 1. The minimum absolute atomic E-state index is 0.00757. The SMILES string of the molecule is Cc1cccc(-n2c(=S)[nH]c(=O)c3c(C(F)(F)F)cc(-c4ccn(C)n4)nc32)c1. The highest BCUT2D eigenvalue weighted by atomic mass is 32.1. The lowest BCUT2D eigenvalue weighted by atomic mass is 10.1. The first kappa shape index (κ1) is 19.1. The third-order valence-corrected chi connectivity index (χ3v) is 4.69. The Morgan fingerprint density at radius 1 is 1.14 bits per heavy atom. The highest BCUT2D eigenvalue weighted by Crippen LogP contribution is 2.35. The minimum atomic E-state index is -4.77. The predicted octanol–water partition coefficient (Wildman–Crippen LogP) is 4.17. The molecule has 148 valence electrons. The molecule has 3 heterocycles. The molecule has 6 nitrogen and oxygen atoms in total. The van der Waals surface area contributed by atoms with Gasteiger partial charge < -0.3 is 0 Å². The summed E-state index contributed by atoms with van der Waals surface area (Å²) in [5.41, 5.74) is -0.605. The van der Waals surface area contributed by atoms with E-state index in [4.69, 9.17) is 12.2 Å². The summed E-state index contributed by atoms with van der Waals surface area (Å²) in [4.78, 5) is 19.2. The number of aromatic amines is 1. The topological polar surface area (TPSA) is 68.5 Å². The second-order valence-electron chi connectivity index (χ2n) is 6.56. The van der Waals surface area contributed by atoms with Crippen LogP contribution >= 0.6 is 12.2 Å². The van der Waals surface area contributed by atoms with Gasteiger partial charge in [-0.1, -0.05) is 12.1 Å². The summed E-state index contributed by atoms with van der Waals surface area (Å²) >= 11 is 5.26. The molecule has 1 N–H and O–H groups in total. The summed E-state index contributed by atoms with van der Waals surface area (Å²) in [7, 11) is 1.65. The van der Waals surface area contributed by atoms with Crippen molar-refractivity contribution in [1.82, 2.24) is 24.3 Å². The molecule has 0 bridgehead atoms. The number of nitrogens with one attached hydrogen (secondary N) is 1. The number of halogens is 3. The lowest BCUT2D eigenvalue weighted by molar-refractivity contribution is -0.136. The van der Waals surface area contributed by atoms with Crippen LogP contribution in [0.25, 0.3) is 28.1 Å². The van der Waals surface area contributed by atoms with E-state index in [2.05, 4.69) is 15.1 Å². The number of aryl methyl sites for hydroxylation is 2. The van der Waals surface area contributed by atoms with Crippen LogP contribution in [0.1, 0.15) is 11.1 Å². The Morgan fingerprint density at radius 2 is 1.90 bits per heavy atom. The van der Waals surface area contributed by atoms with Crippen molar-refractivity contribution >= 4 is 23.3 Å². The van der Waals surface area contributed by atoms with Gasteiger partial charge in [0.25, 0.3) is 5.56 Å². The second kappa shape index (κ2) is 6.66. The maximum Gasteiger partial charge on any atom is 0.417 e. The van der Waals surface area contributed by atoms with Crippen LogP contribution in [0.4, 0.5) is 13.2 Å². The van der Waals surface area contributed by atoms with Crippen molar-refractivity contribution in [3.8, 4) is 17.1 Å². The van der Waals surface area contributed by atoms with Crippen molar-refractivity contribution in [1.29, 1.82) is 0 Å². The number of pyridine rings is 1. The van der Waals surface area contributed by atoms with E-state index in [1.54, 1.807) is 37.5 Å². The van der Waals surface area contributed by atoms with E-state index in [0.29, 0.717) is 5.69 Å². The summed E-state index contributed by atoms with van der Waals surface area (Å²) in [5.74, 6) is 0. The van der Waals surface area contributed by atoms with Gasteiger partial charge in [0.05, 0.1) is 22.3 Å². The van der Waals surface area contributed by atoms with Crippen LogP contribution in [-0.4, -0.2) is 24.3 Å². The predicted molar refractivity (Wildman–Crippen MR) is 104 cm³/mol. The standard InChI is InChI=1S/C19H14F3N5OS/c1-10-4-3-5-11(8-10)27-16-15(17(28)24-18(27)29)12(19(20,21)22)9-14(23-16)13-6-7-26(2)25-13/h3-9H,1-2H3,(H,24,28,29). The third-order valence-electron chi connectivity index (χ3n) is 4.40. The van der Waals surface area contributed by atoms with Gasteiger partial charge in [-0.3, -0.25) is 19.0 Å². The zero-order valence-electron chi connectivity index (χ0n) is 15.3. The van der Waals surface area contributed by atoms with Crippen LogP contribution in [0.3, 0.4) is 0 Å². The molecule has 4 aromatic rings. The molecule has 0 atom stereocenters. The first-order valence-electron chi connectivity index (χ1n) is 8.49. The number of benzene rings is 1. The Balaban J connectivity index is 2.20. The maximum atomic E-state index is 13.9. The number of hydrogen-bond donors (Lipinski definition) is 1. The fourth-order valence-electron chi connectivity index (χ4n) is 3.14. The van der Waals surface area contributed by atoms with E-state index in [0.717, 1.165) is 11.6 Å². The highest BCUT2D eigenvalue weighted by Gasteiger charge is 2.36. The minimum Gasteiger partial charge on any atom is -0.298 e. The molecule has 0 unspecified atom stereocenters. The van der Waals surface area contributed by atoms with Gasteiger partial charge in [-0.05, 0) is 49.0 Å². The third kappa shape index (κ3) is 3.35. The quantitative estimate of drug-likeness (QED) is 0.497. The lowest BCUT2D eigenvalue weighted by Crippen LogP contribution is -2.20. The maximum absolute atomic E-state index is 13.9. The molecule has 0 aliphatic rings. The molecule has 0 fully saturated rings. The Bertz CT molecular complexity index is 1370. The molecule has 3 aromatic heterocycles. The smallest absolute Gasteiger partial charge is 0.298 e. The molecule has 4 rings (SSSR count). The summed E-state index contributed by atoms with van der Waals surface area (Å²) in [6, 6.07) is 9.40. The Labute approximate surface area is 167 Å². The van der Waals surface area contributed by atoms with E-state index in [-0.39, 0.29) is 21.8 Å². The molecule has 1 aromatic carbocycles. The average molecular weight is 417 g/mol. The van der Waals surface area contributed by atoms with Crippen molar-refractivity contribution in [2.75, 3.05) is 0 Å². The lowest BCUT2D eigenvalue weighted by Gasteiger charge is -2.16. The monoisotopic (exact) mass is 417 g/mol. The molecular formula is C19H14F3N5OS. The zero-order chi connectivity index (χ0) is 20.9. The van der Waals surface area contributed by atoms with Crippen molar-refractivity contribution in [3.63, 3.8) is 0 Å². The summed E-state index contributed by atoms with van der Waals surface area (Å²) in [6.07, 6.45) is -3.18. The first-order chi connectivity index (χ1) is 13.6. The van der Waals surface area contributed by atoms with Gasteiger partial charge >= 0.3 is 6.18 Å². The number of aromatic nitrogens is 5. The van der Waals surface area contributed by atoms with E-state index < -0.39 is 22.7 Å². The van der Waals surface area contributed by atoms with Gasteiger partial charge in [0.1, 0.15) is 5.69 Å². The van der Waals surface area contributed by atoms with Crippen molar-refractivity contribution in [2.45, 2.75) is 13.1 Å². The molecule has 0 aliphatic carbocycles. The number of rotatable bonds is 2. The van der Waals surface area contributed by atoms with Crippen LogP contribution in [-0.2, 0) is 13.2 Å². The van der Waals surface area contributed by atoms with Crippen LogP contribution < -0.4 is 5.56 Å². The second-order valence-corrected chi connectivity index (χ2v) is 6.95. The van der Waals surface area contributed by atoms with Gasteiger partial charge in [-0.25, -0.2) is 4.98 Å². The Morgan fingerprint density at radius 3 is 2.52 bits per heavy atom. The Kier molecular flexibility index (Phi) is 4.38. The van der Waals surface area contributed by atoms with Crippen LogP contribution in [0.15, 0.2) is 47.4 Å². The number of alkyl halides is 3. The fraction of sp³-hybridized carbons (Fsp3) is 0.158. The molecule has 0 saturated heterocycles. The largest absolute Gasteiger partial charge is 0.417 e. The van der Waals surface area contributed by atoms with Gasteiger partial charge in [0.15, 0.2) is 10.4 Å². The molecule has 29 heavy (non-hydrogen) atoms. The highest BCUT2D eigenvalue weighted by molar-refractivity contribution is 7.71. The first-order valence-corrected chi connectivity index (χ1v) is 8.90. The van der Waals surface area contributed by atoms with Crippen LogP contribution in [0.2, 0.25) is 0 Å². The molecule has 0 spiro atoms. The zero-order valence-corrected chi connectivity index (χ0v) is 16.1. The van der Waals surface area contributed by atoms with Crippen LogP contribution in [0.5, 0.6) is 0 Å². The molecule has 0 radical (unpaired) electrons. The van der Waals surface area contributed by atoms with Gasteiger partial charge in [0.2, 0.25) is 0 Å². The van der Waals surface area contributed by atoms with E-state index in [1.807, 2.05) is 13.0 Å². The van der Waals surface area contributed by atoms with Crippen LogP contribution in [0, 0.1) is 11.7 Å². The summed E-state index contributed by atoms with van der Waals surface area (Å²) in [6.45, 7) is 1.84. The fourth-order valence-corrected chi connectivity index (χ4v) is 3.43. The van der Waals surface area contributed by atoms with Gasteiger partial charge in [0, 0.05) is 13.2 Å². The molecular weight excluding hydrogens is 403 g/mol. The van der Waals surface area contributed by atoms with Crippen molar-refractivity contribution in [2.24, 2.45) is 7.05 Å². The Hall–Kier alpha value is -3.27. The average Bonchev–Trinajstić information content (AvgIpc) is 3.06. The van der Waals surface area contributed by atoms with E-state index >= 15 is 0 Å². The summed E-state index contributed by atoms with van der Waals surface area (Å²) < 4.78 is 44.3. The number of nitrogens with zero attached hydrogens (tertiary/aromatic N) is 4. The molecule has 0 amide bonds.